The standard InChI is InChI=1S/C17H20BrNO2/c1-2-21-17-9-8-13(10-15(17)18)11-19-12-16(20)14-6-4-3-5-7-14/h3-10,16,19-20H,2,11-12H2,1H3/t16-/m0/s1. The summed E-state index contributed by atoms with van der Waals surface area (Å²) in [5, 5.41) is 13.3. The Morgan fingerprint density at radius 2 is 1.95 bits per heavy atom. The molecule has 2 rings (SSSR count). The third-order valence-electron chi connectivity index (χ3n) is 3.15. The fraction of sp³-hybridized carbons (Fsp3) is 0.294. The van der Waals surface area contributed by atoms with E-state index in [1.807, 2.05) is 55.5 Å². The number of rotatable bonds is 7. The molecule has 0 radical (unpaired) electrons. The summed E-state index contributed by atoms with van der Waals surface area (Å²) in [5.41, 5.74) is 2.07. The van der Waals surface area contributed by atoms with Crippen molar-refractivity contribution < 1.29 is 9.84 Å². The largest absolute Gasteiger partial charge is 0.493 e. The second-order valence-electron chi connectivity index (χ2n) is 4.76. The van der Waals surface area contributed by atoms with Crippen LogP contribution in [0.15, 0.2) is 53.0 Å². The van der Waals surface area contributed by atoms with Gasteiger partial charge in [0.2, 0.25) is 0 Å². The molecule has 0 aromatic heterocycles. The van der Waals surface area contributed by atoms with Crippen molar-refractivity contribution in [1.82, 2.24) is 5.32 Å². The highest BCUT2D eigenvalue weighted by molar-refractivity contribution is 9.10. The highest BCUT2D eigenvalue weighted by Gasteiger charge is 2.07. The van der Waals surface area contributed by atoms with Crippen LogP contribution in [-0.4, -0.2) is 18.3 Å². The third kappa shape index (κ3) is 4.84. The third-order valence-corrected chi connectivity index (χ3v) is 3.77. The van der Waals surface area contributed by atoms with Crippen LogP contribution in [0.2, 0.25) is 0 Å². The lowest BCUT2D eigenvalue weighted by Crippen LogP contribution is -2.21. The van der Waals surface area contributed by atoms with E-state index < -0.39 is 6.10 Å². The summed E-state index contributed by atoms with van der Waals surface area (Å²) >= 11 is 3.50. The summed E-state index contributed by atoms with van der Waals surface area (Å²) in [7, 11) is 0. The van der Waals surface area contributed by atoms with Crippen molar-refractivity contribution in [2.45, 2.75) is 19.6 Å². The first kappa shape index (κ1) is 16.0. The Balaban J connectivity index is 1.85. The van der Waals surface area contributed by atoms with Crippen LogP contribution in [-0.2, 0) is 6.54 Å². The van der Waals surface area contributed by atoms with Crippen molar-refractivity contribution in [3.05, 3.63) is 64.1 Å². The number of benzene rings is 2. The molecule has 0 heterocycles. The SMILES string of the molecule is CCOc1ccc(CNC[C@H](O)c2ccccc2)cc1Br. The van der Waals surface area contributed by atoms with E-state index in [4.69, 9.17) is 4.74 Å². The summed E-state index contributed by atoms with van der Waals surface area (Å²) in [4.78, 5) is 0. The lowest BCUT2D eigenvalue weighted by molar-refractivity contribution is 0.174. The van der Waals surface area contributed by atoms with Crippen molar-refractivity contribution in [3.8, 4) is 5.75 Å². The molecule has 0 aliphatic heterocycles. The molecule has 0 aliphatic carbocycles. The lowest BCUT2D eigenvalue weighted by atomic mass is 10.1. The molecule has 0 spiro atoms. The van der Waals surface area contributed by atoms with Crippen molar-refractivity contribution in [2.24, 2.45) is 0 Å². The van der Waals surface area contributed by atoms with E-state index in [2.05, 4.69) is 21.2 Å². The van der Waals surface area contributed by atoms with Gasteiger partial charge in [0.05, 0.1) is 17.2 Å². The molecule has 2 N–H and O–H groups in total. The van der Waals surface area contributed by atoms with Gasteiger partial charge in [-0.1, -0.05) is 36.4 Å². The highest BCUT2D eigenvalue weighted by Crippen LogP contribution is 2.26. The molecule has 2 aromatic rings. The molecule has 0 amide bonds. The molecular weight excluding hydrogens is 330 g/mol. The first-order valence-electron chi connectivity index (χ1n) is 7.05. The fourth-order valence-corrected chi connectivity index (χ4v) is 2.61. The second kappa shape index (κ2) is 8.17. The Morgan fingerprint density at radius 3 is 2.62 bits per heavy atom. The number of hydrogen-bond acceptors (Lipinski definition) is 3. The van der Waals surface area contributed by atoms with Crippen LogP contribution < -0.4 is 10.1 Å². The summed E-state index contributed by atoms with van der Waals surface area (Å²) in [6, 6.07) is 15.7. The van der Waals surface area contributed by atoms with Crippen LogP contribution in [0.3, 0.4) is 0 Å². The minimum absolute atomic E-state index is 0.489. The smallest absolute Gasteiger partial charge is 0.133 e. The van der Waals surface area contributed by atoms with E-state index in [1.165, 1.54) is 0 Å². The van der Waals surface area contributed by atoms with Gasteiger partial charge in [-0.05, 0) is 46.1 Å². The van der Waals surface area contributed by atoms with E-state index in [1.54, 1.807) is 0 Å². The Hall–Kier alpha value is -1.36. The second-order valence-corrected chi connectivity index (χ2v) is 5.61. The molecule has 0 saturated carbocycles. The van der Waals surface area contributed by atoms with Crippen LogP contribution in [0, 0.1) is 0 Å². The Bertz CT molecular complexity index is 560. The van der Waals surface area contributed by atoms with Crippen molar-refractivity contribution in [3.63, 3.8) is 0 Å². The fourth-order valence-electron chi connectivity index (χ4n) is 2.07. The van der Waals surface area contributed by atoms with Gasteiger partial charge in [-0.3, -0.25) is 0 Å². The zero-order valence-corrected chi connectivity index (χ0v) is 13.6. The van der Waals surface area contributed by atoms with Crippen LogP contribution in [0.1, 0.15) is 24.2 Å². The van der Waals surface area contributed by atoms with Gasteiger partial charge in [0.15, 0.2) is 0 Å². The van der Waals surface area contributed by atoms with Crippen LogP contribution in [0.25, 0.3) is 0 Å². The topological polar surface area (TPSA) is 41.5 Å². The zero-order chi connectivity index (χ0) is 15.1. The number of halogens is 1. The molecule has 3 nitrogen and oxygen atoms in total. The van der Waals surface area contributed by atoms with E-state index >= 15 is 0 Å². The molecule has 0 bridgehead atoms. The van der Waals surface area contributed by atoms with Gasteiger partial charge in [0.25, 0.3) is 0 Å². The Labute approximate surface area is 134 Å². The number of aliphatic hydroxyl groups is 1. The molecular formula is C17H20BrNO2. The summed E-state index contributed by atoms with van der Waals surface area (Å²) in [5.74, 6) is 0.852. The molecule has 2 aromatic carbocycles. The maximum absolute atomic E-state index is 10.1. The van der Waals surface area contributed by atoms with Crippen molar-refractivity contribution >= 4 is 15.9 Å². The van der Waals surface area contributed by atoms with Crippen LogP contribution >= 0.6 is 15.9 Å². The minimum Gasteiger partial charge on any atom is -0.493 e. The van der Waals surface area contributed by atoms with E-state index in [0.29, 0.717) is 19.7 Å². The average molecular weight is 350 g/mol. The first-order valence-corrected chi connectivity index (χ1v) is 7.85. The number of ether oxygens (including phenoxy) is 1. The molecule has 0 aliphatic rings. The molecule has 0 unspecified atom stereocenters. The maximum atomic E-state index is 10.1. The monoisotopic (exact) mass is 349 g/mol. The van der Waals surface area contributed by atoms with Gasteiger partial charge in [-0.15, -0.1) is 0 Å². The van der Waals surface area contributed by atoms with Crippen LogP contribution in [0.4, 0.5) is 0 Å². The van der Waals surface area contributed by atoms with Gasteiger partial charge < -0.3 is 15.2 Å². The van der Waals surface area contributed by atoms with E-state index in [-0.39, 0.29) is 0 Å². The first-order chi connectivity index (χ1) is 10.2. The molecule has 0 fully saturated rings. The summed E-state index contributed by atoms with van der Waals surface area (Å²) in [6.45, 7) is 3.84. The van der Waals surface area contributed by atoms with Crippen molar-refractivity contribution in [1.29, 1.82) is 0 Å². The quantitative estimate of drug-likeness (QED) is 0.801. The zero-order valence-electron chi connectivity index (χ0n) is 12.1. The van der Waals surface area contributed by atoms with E-state index in [0.717, 1.165) is 21.3 Å². The van der Waals surface area contributed by atoms with Gasteiger partial charge in [-0.2, -0.15) is 0 Å². The lowest BCUT2D eigenvalue weighted by Gasteiger charge is -2.13. The Kier molecular flexibility index (Phi) is 6.23. The predicted octanol–water partition coefficient (Wildman–Crippen LogP) is 3.67. The molecule has 0 saturated heterocycles. The van der Waals surface area contributed by atoms with Gasteiger partial charge in [0, 0.05) is 13.1 Å². The molecule has 21 heavy (non-hydrogen) atoms. The normalized spacial score (nSPS) is 12.1. The number of aliphatic hydroxyl groups excluding tert-OH is 1. The summed E-state index contributed by atoms with van der Waals surface area (Å²) < 4.78 is 6.44. The molecule has 112 valence electrons. The predicted molar refractivity (Wildman–Crippen MR) is 88.4 cm³/mol. The van der Waals surface area contributed by atoms with Crippen LogP contribution in [0.5, 0.6) is 5.75 Å². The average Bonchev–Trinajstić information content (AvgIpc) is 2.51. The van der Waals surface area contributed by atoms with Crippen molar-refractivity contribution in [2.75, 3.05) is 13.2 Å². The molecule has 4 heteroatoms. The highest BCUT2D eigenvalue weighted by atomic mass is 79.9. The van der Waals surface area contributed by atoms with Gasteiger partial charge in [-0.25, -0.2) is 0 Å². The number of nitrogens with one attached hydrogen (secondary N) is 1. The van der Waals surface area contributed by atoms with Gasteiger partial charge >= 0.3 is 0 Å². The number of hydrogen-bond donors (Lipinski definition) is 2. The minimum atomic E-state index is -0.489. The maximum Gasteiger partial charge on any atom is 0.133 e. The molecule has 1 atom stereocenters. The van der Waals surface area contributed by atoms with E-state index in [9.17, 15) is 5.11 Å². The summed E-state index contributed by atoms with van der Waals surface area (Å²) in [6.07, 6.45) is -0.489. The van der Waals surface area contributed by atoms with Gasteiger partial charge in [0.1, 0.15) is 5.75 Å². The Morgan fingerprint density at radius 1 is 1.19 bits per heavy atom.